The molecule has 1 aromatic rings. The van der Waals surface area contributed by atoms with Crippen LogP contribution in [0.4, 0.5) is 0 Å². The van der Waals surface area contributed by atoms with Crippen LogP contribution in [0.15, 0.2) is 25.3 Å². The first-order chi connectivity index (χ1) is 5.72. The lowest BCUT2D eigenvalue weighted by Crippen LogP contribution is -3.00. The molecule has 0 aliphatic carbocycles. The summed E-state index contributed by atoms with van der Waals surface area (Å²) in [5.74, 6) is -0.283. The largest absolute Gasteiger partial charge is 1.00 e. The molecule has 0 radical (unpaired) electrons. The molecule has 0 saturated carbocycles. The van der Waals surface area contributed by atoms with Gasteiger partial charge in [0.05, 0.1) is 19.2 Å². The van der Waals surface area contributed by atoms with Crippen molar-refractivity contribution in [1.82, 2.24) is 4.57 Å². The number of imidazole rings is 1. The van der Waals surface area contributed by atoms with Crippen molar-refractivity contribution in [2.75, 3.05) is 0 Å². The van der Waals surface area contributed by atoms with Gasteiger partial charge in [0.1, 0.15) is 12.4 Å². The number of carbonyl (C=O) groups excluding carboxylic acids is 1. The second kappa shape index (κ2) is 5.37. The molecular weight excluding hydrogens is 190 g/mol. The molecule has 72 valence electrons. The minimum atomic E-state index is -0.283. The van der Waals surface area contributed by atoms with Gasteiger partial charge >= 0.3 is 0 Å². The molecule has 0 aliphatic heterocycles. The molecule has 1 heterocycles. The third-order valence-electron chi connectivity index (χ3n) is 1.54. The molecule has 1 aromatic heterocycles. The number of carbonyl (C=O) groups is 1. The molecule has 2 N–H and O–H groups in total. The lowest BCUT2D eigenvalue weighted by Gasteiger charge is -1.90. The van der Waals surface area contributed by atoms with Gasteiger partial charge in [0, 0.05) is 0 Å². The summed E-state index contributed by atoms with van der Waals surface area (Å²) < 4.78 is 3.69. The van der Waals surface area contributed by atoms with Crippen LogP contribution >= 0.6 is 0 Å². The number of hydrogen-bond acceptors (Lipinski definition) is 1. The average Bonchev–Trinajstić information content (AvgIpc) is 2.48. The van der Waals surface area contributed by atoms with E-state index in [4.69, 9.17) is 5.73 Å². The first-order valence-corrected chi connectivity index (χ1v) is 3.70. The van der Waals surface area contributed by atoms with E-state index in [1.54, 1.807) is 10.8 Å². The van der Waals surface area contributed by atoms with Gasteiger partial charge in [-0.2, -0.15) is 0 Å². The quantitative estimate of drug-likeness (QED) is 0.512. The summed E-state index contributed by atoms with van der Waals surface area (Å²) in [5, 5.41) is 0. The molecule has 0 saturated heterocycles. The van der Waals surface area contributed by atoms with Gasteiger partial charge in [0.25, 0.3) is 0 Å². The van der Waals surface area contributed by atoms with Crippen molar-refractivity contribution in [2.45, 2.75) is 13.0 Å². The highest BCUT2D eigenvalue weighted by Crippen LogP contribution is 1.84. The van der Waals surface area contributed by atoms with E-state index in [9.17, 15) is 4.79 Å². The minimum Gasteiger partial charge on any atom is -1.00 e. The first kappa shape index (κ1) is 11.7. The van der Waals surface area contributed by atoms with E-state index in [1.165, 1.54) is 0 Å². The number of aryl methyl sites for hydroxylation is 1. The SMILES string of the molecule is C=Cn1cc[n+](CCC(N)=O)c1.[Cl-]. The Morgan fingerprint density at radius 3 is 2.85 bits per heavy atom. The van der Waals surface area contributed by atoms with Gasteiger partial charge in [-0.25, -0.2) is 9.13 Å². The highest BCUT2D eigenvalue weighted by molar-refractivity contribution is 5.73. The van der Waals surface area contributed by atoms with E-state index in [0.29, 0.717) is 13.0 Å². The number of rotatable bonds is 4. The van der Waals surface area contributed by atoms with Gasteiger partial charge in [0.2, 0.25) is 12.2 Å². The summed E-state index contributed by atoms with van der Waals surface area (Å²) in [7, 11) is 0. The Labute approximate surface area is 83.1 Å². The zero-order valence-electron chi connectivity index (χ0n) is 7.19. The van der Waals surface area contributed by atoms with Gasteiger partial charge in [-0.1, -0.05) is 6.58 Å². The van der Waals surface area contributed by atoms with E-state index in [2.05, 4.69) is 6.58 Å². The van der Waals surface area contributed by atoms with Crippen LogP contribution < -0.4 is 22.7 Å². The Balaban J connectivity index is 0.00000144. The molecule has 0 aliphatic rings. The summed E-state index contributed by atoms with van der Waals surface area (Å²) in [5.41, 5.74) is 5.00. The highest BCUT2D eigenvalue weighted by Gasteiger charge is 2.01. The van der Waals surface area contributed by atoms with Crippen LogP contribution in [-0.2, 0) is 11.3 Å². The molecule has 4 nitrogen and oxygen atoms in total. The number of aromatic nitrogens is 2. The second-order valence-corrected chi connectivity index (χ2v) is 2.50. The fourth-order valence-electron chi connectivity index (χ4n) is 0.890. The Bertz CT molecular complexity index is 295. The molecule has 0 unspecified atom stereocenters. The molecule has 0 atom stereocenters. The minimum absolute atomic E-state index is 0. The fraction of sp³-hybridized carbons (Fsp3) is 0.250. The fourth-order valence-corrected chi connectivity index (χ4v) is 0.890. The van der Waals surface area contributed by atoms with Crippen LogP contribution in [-0.4, -0.2) is 10.5 Å². The summed E-state index contributed by atoms with van der Waals surface area (Å²) in [6, 6.07) is 0. The number of nitrogens with zero attached hydrogens (tertiary/aromatic N) is 2. The van der Waals surface area contributed by atoms with E-state index in [0.717, 1.165) is 0 Å². The maximum absolute atomic E-state index is 10.4. The van der Waals surface area contributed by atoms with Crippen molar-refractivity contribution in [1.29, 1.82) is 0 Å². The van der Waals surface area contributed by atoms with Gasteiger partial charge in [-0.15, -0.1) is 0 Å². The summed E-state index contributed by atoms with van der Waals surface area (Å²) in [6.07, 6.45) is 7.61. The van der Waals surface area contributed by atoms with Crippen LogP contribution in [0.2, 0.25) is 0 Å². The van der Waals surface area contributed by atoms with Crippen LogP contribution in [0.5, 0.6) is 0 Å². The summed E-state index contributed by atoms with van der Waals surface area (Å²) in [4.78, 5) is 10.4. The average molecular weight is 202 g/mol. The molecule has 1 amide bonds. The molecule has 0 aromatic carbocycles. The normalized spacial score (nSPS) is 8.92. The van der Waals surface area contributed by atoms with E-state index in [-0.39, 0.29) is 18.3 Å². The Morgan fingerprint density at radius 1 is 1.69 bits per heavy atom. The molecular formula is C8H12ClN3O. The highest BCUT2D eigenvalue weighted by atomic mass is 35.5. The number of amides is 1. The Kier molecular flexibility index (Phi) is 4.84. The van der Waals surface area contributed by atoms with E-state index in [1.807, 2.05) is 23.3 Å². The van der Waals surface area contributed by atoms with Gasteiger partial charge < -0.3 is 18.1 Å². The van der Waals surface area contributed by atoms with Crippen LogP contribution in [0.25, 0.3) is 6.20 Å². The molecule has 0 fully saturated rings. The van der Waals surface area contributed by atoms with Gasteiger partial charge in [0.15, 0.2) is 0 Å². The number of halogens is 1. The van der Waals surface area contributed by atoms with Crippen molar-refractivity contribution >= 4 is 12.1 Å². The third kappa shape index (κ3) is 3.75. The zero-order valence-corrected chi connectivity index (χ0v) is 7.94. The van der Waals surface area contributed by atoms with Crippen LogP contribution in [0, 0.1) is 0 Å². The van der Waals surface area contributed by atoms with Crippen LogP contribution in [0.3, 0.4) is 0 Å². The lowest BCUT2D eigenvalue weighted by atomic mass is 10.4. The van der Waals surface area contributed by atoms with Crippen molar-refractivity contribution < 1.29 is 21.8 Å². The van der Waals surface area contributed by atoms with Crippen molar-refractivity contribution in [3.05, 3.63) is 25.3 Å². The smallest absolute Gasteiger partial charge is 0.248 e. The molecule has 5 heteroatoms. The number of hydrogen-bond donors (Lipinski definition) is 1. The standard InChI is InChI=1S/C8H11N3O.ClH/c1-2-10-5-6-11(7-10)4-3-8(9)12;/h2,5-7H,1,3-4H2,(H-,9,12);1H. The molecule has 0 spiro atoms. The molecule has 13 heavy (non-hydrogen) atoms. The number of primary amides is 1. The monoisotopic (exact) mass is 201 g/mol. The van der Waals surface area contributed by atoms with E-state index >= 15 is 0 Å². The van der Waals surface area contributed by atoms with Crippen molar-refractivity contribution in [3.8, 4) is 0 Å². The topological polar surface area (TPSA) is 51.9 Å². The second-order valence-electron chi connectivity index (χ2n) is 2.50. The van der Waals surface area contributed by atoms with Gasteiger partial charge in [-0.05, 0) is 0 Å². The van der Waals surface area contributed by atoms with Crippen molar-refractivity contribution in [2.24, 2.45) is 5.73 Å². The van der Waals surface area contributed by atoms with Gasteiger partial charge in [-0.3, -0.25) is 4.79 Å². The van der Waals surface area contributed by atoms with Crippen molar-refractivity contribution in [3.63, 3.8) is 0 Å². The summed E-state index contributed by atoms with van der Waals surface area (Å²) >= 11 is 0. The first-order valence-electron chi connectivity index (χ1n) is 3.70. The van der Waals surface area contributed by atoms with E-state index < -0.39 is 0 Å². The predicted octanol–water partition coefficient (Wildman–Crippen LogP) is -3.24. The Hall–Kier alpha value is -1.29. The number of nitrogens with two attached hydrogens (primary N) is 1. The molecule has 0 bridgehead atoms. The zero-order chi connectivity index (χ0) is 8.97. The maximum Gasteiger partial charge on any atom is 0.248 e. The Morgan fingerprint density at radius 2 is 2.38 bits per heavy atom. The summed E-state index contributed by atoms with van der Waals surface area (Å²) in [6.45, 7) is 4.22. The maximum atomic E-state index is 10.4. The lowest BCUT2D eigenvalue weighted by molar-refractivity contribution is -0.694. The predicted molar refractivity (Wildman–Crippen MR) is 44.8 cm³/mol. The molecule has 1 rings (SSSR count). The van der Waals surface area contributed by atoms with Crippen LogP contribution in [0.1, 0.15) is 6.42 Å². The third-order valence-corrected chi connectivity index (χ3v) is 1.54.